The Labute approximate surface area is 289 Å². The van der Waals surface area contributed by atoms with Gasteiger partial charge < -0.3 is 29.1 Å². The summed E-state index contributed by atoms with van der Waals surface area (Å²) < 4.78 is 19.5. The predicted octanol–water partition coefficient (Wildman–Crippen LogP) is 6.17. The van der Waals surface area contributed by atoms with Crippen molar-refractivity contribution in [2.75, 3.05) is 26.7 Å². The number of rotatable bonds is 4. The number of esters is 1. The van der Waals surface area contributed by atoms with Crippen molar-refractivity contribution in [2.24, 2.45) is 17.3 Å². The first kappa shape index (κ1) is 34.1. The molecule has 266 valence electrons. The van der Waals surface area contributed by atoms with E-state index in [4.69, 9.17) is 19.2 Å². The third-order valence-corrected chi connectivity index (χ3v) is 12.1. The van der Waals surface area contributed by atoms with Crippen LogP contribution in [-0.2, 0) is 25.5 Å². The van der Waals surface area contributed by atoms with Gasteiger partial charge in [0.2, 0.25) is 11.8 Å². The summed E-state index contributed by atoms with van der Waals surface area (Å²) >= 11 is 0. The average molecular weight is 676 g/mol. The molecule has 2 aliphatic carbocycles. The SMILES string of the molecule is CN1CCC(Oc2c3c(nc4ccccc24)O[C@@H]2C[C@@H](C(=O)O)N(C2)C(=O)[C@H](C2(C)CCCCC2)CC(=O)O[C@@H]2C[C@H]2CCCCC3)CC1. The van der Waals surface area contributed by atoms with E-state index >= 15 is 0 Å². The monoisotopic (exact) mass is 675 g/mol. The Morgan fingerprint density at radius 3 is 2.51 bits per heavy atom. The lowest BCUT2D eigenvalue weighted by molar-refractivity contribution is -0.157. The molecule has 2 saturated heterocycles. The molecule has 0 spiro atoms. The Morgan fingerprint density at radius 1 is 0.980 bits per heavy atom. The van der Waals surface area contributed by atoms with Crippen molar-refractivity contribution in [1.29, 1.82) is 0 Å². The third-order valence-electron chi connectivity index (χ3n) is 12.1. The molecular weight excluding hydrogens is 622 g/mol. The van der Waals surface area contributed by atoms with Crippen LogP contribution < -0.4 is 9.47 Å². The minimum absolute atomic E-state index is 0.0129. The highest BCUT2D eigenvalue weighted by molar-refractivity contribution is 5.89. The smallest absolute Gasteiger partial charge is 0.326 e. The molecule has 7 rings (SSSR count). The van der Waals surface area contributed by atoms with Crippen LogP contribution in [0, 0.1) is 17.3 Å². The molecular formula is C39H53N3O7. The zero-order chi connectivity index (χ0) is 34.1. The predicted molar refractivity (Wildman–Crippen MR) is 185 cm³/mol. The van der Waals surface area contributed by atoms with Crippen LogP contribution in [0.15, 0.2) is 24.3 Å². The van der Waals surface area contributed by atoms with Crippen LogP contribution in [0.2, 0.25) is 0 Å². The maximum atomic E-state index is 14.5. The van der Waals surface area contributed by atoms with Crippen molar-refractivity contribution >= 4 is 28.7 Å². The van der Waals surface area contributed by atoms with Crippen molar-refractivity contribution in [3.05, 3.63) is 29.8 Å². The summed E-state index contributed by atoms with van der Waals surface area (Å²) in [7, 11) is 2.14. The van der Waals surface area contributed by atoms with E-state index < -0.39 is 29.4 Å². The number of ether oxygens (including phenoxy) is 3. The second kappa shape index (κ2) is 14.4. The van der Waals surface area contributed by atoms with Gasteiger partial charge in [0, 0.05) is 24.9 Å². The number of hydrogen-bond acceptors (Lipinski definition) is 8. The summed E-state index contributed by atoms with van der Waals surface area (Å²) in [6, 6.07) is 6.96. The van der Waals surface area contributed by atoms with E-state index in [9.17, 15) is 19.5 Å². The number of piperidine rings is 1. The number of para-hydroxylation sites is 1. The molecule has 1 aromatic heterocycles. The molecule has 1 N–H and O–H groups in total. The number of fused-ring (bicyclic) bond motifs is 5. The van der Waals surface area contributed by atoms with Gasteiger partial charge in [-0.05, 0) is 81.9 Å². The molecule has 2 aromatic rings. The van der Waals surface area contributed by atoms with Crippen molar-refractivity contribution in [1.82, 2.24) is 14.8 Å². The molecule has 2 bridgehead atoms. The number of aliphatic carboxylic acids is 1. The number of carboxylic acid groups (broad SMARTS) is 1. The average Bonchev–Trinajstić information content (AvgIpc) is 3.67. The van der Waals surface area contributed by atoms with Gasteiger partial charge in [0.25, 0.3) is 0 Å². The molecule has 1 amide bonds. The Hall–Kier alpha value is -3.40. The van der Waals surface area contributed by atoms with E-state index in [1.807, 2.05) is 18.2 Å². The summed E-state index contributed by atoms with van der Waals surface area (Å²) in [5.41, 5.74) is 1.31. The van der Waals surface area contributed by atoms with E-state index in [1.54, 1.807) is 0 Å². The summed E-state index contributed by atoms with van der Waals surface area (Å²) in [6.45, 7) is 4.19. The molecule has 4 fully saturated rings. The number of aromatic nitrogens is 1. The molecule has 10 nitrogen and oxygen atoms in total. The lowest BCUT2D eigenvalue weighted by atomic mass is 9.65. The van der Waals surface area contributed by atoms with Gasteiger partial charge in [-0.25, -0.2) is 9.78 Å². The van der Waals surface area contributed by atoms with Gasteiger partial charge in [0.15, 0.2) is 0 Å². The Morgan fingerprint density at radius 2 is 1.73 bits per heavy atom. The summed E-state index contributed by atoms with van der Waals surface area (Å²) in [6.07, 6.45) is 11.8. The normalized spacial score (nSPS) is 30.3. The van der Waals surface area contributed by atoms with Crippen molar-refractivity contribution in [3.8, 4) is 11.6 Å². The first-order chi connectivity index (χ1) is 23.7. The van der Waals surface area contributed by atoms with Crippen molar-refractivity contribution < 1.29 is 33.7 Å². The molecule has 5 atom stereocenters. The van der Waals surface area contributed by atoms with Crippen molar-refractivity contribution in [3.63, 3.8) is 0 Å². The van der Waals surface area contributed by atoms with E-state index in [-0.39, 0.29) is 43.5 Å². The fourth-order valence-corrected chi connectivity index (χ4v) is 8.92. The van der Waals surface area contributed by atoms with E-state index in [1.165, 1.54) is 4.90 Å². The number of carboxylic acids is 1. The van der Waals surface area contributed by atoms with Gasteiger partial charge in [-0.15, -0.1) is 0 Å². The summed E-state index contributed by atoms with van der Waals surface area (Å²) in [4.78, 5) is 49.4. The number of nitrogens with zero attached hydrogens (tertiary/aromatic N) is 3. The highest BCUT2D eigenvalue weighted by Gasteiger charge is 2.49. The number of hydrogen-bond donors (Lipinski definition) is 1. The molecule has 1 aromatic carbocycles. The van der Waals surface area contributed by atoms with Crippen LogP contribution in [0.3, 0.4) is 0 Å². The number of likely N-dealkylation sites (tertiary alicyclic amines) is 1. The second-order valence-corrected chi connectivity index (χ2v) is 15.8. The van der Waals surface area contributed by atoms with Gasteiger partial charge in [-0.1, -0.05) is 51.2 Å². The van der Waals surface area contributed by atoms with Gasteiger partial charge in [-0.2, -0.15) is 0 Å². The lowest BCUT2D eigenvalue weighted by Crippen LogP contribution is -2.49. The minimum Gasteiger partial charge on any atom is -0.489 e. The van der Waals surface area contributed by atoms with Crippen LogP contribution in [-0.4, -0.2) is 88.8 Å². The molecule has 3 aliphatic heterocycles. The summed E-state index contributed by atoms with van der Waals surface area (Å²) in [5, 5.41) is 11.4. The number of carbonyl (C=O) groups excluding carboxylic acids is 2. The lowest BCUT2D eigenvalue weighted by Gasteiger charge is -2.41. The van der Waals surface area contributed by atoms with Gasteiger partial charge >= 0.3 is 11.9 Å². The molecule has 4 heterocycles. The minimum atomic E-state index is -1.06. The standard InChI is InChI=1S/C39H53N3O7/c1-39(17-9-4-10-18-39)30-23-34(43)49-33-21-25(33)11-5-3-6-13-29-35(47-26-15-19-41(2)20-16-26)28-12-7-8-14-31(28)40-36(29)48-27-22-32(38(45)46)42(24-27)37(30)44/h7-8,12,14,25-27,30,32-33H,3-6,9-11,13,15-24H2,1-2H3,(H,45,46)/t25-,27-,30-,32+,33-/m1/s1. The second-order valence-electron chi connectivity index (χ2n) is 15.8. The third kappa shape index (κ3) is 7.54. The largest absolute Gasteiger partial charge is 0.489 e. The van der Waals surface area contributed by atoms with Crippen LogP contribution in [0.1, 0.15) is 102 Å². The van der Waals surface area contributed by atoms with Crippen LogP contribution in [0.4, 0.5) is 0 Å². The molecule has 5 aliphatic rings. The Balaban J connectivity index is 1.24. The number of benzene rings is 1. The zero-order valence-electron chi connectivity index (χ0n) is 29.2. The topological polar surface area (TPSA) is 118 Å². The highest BCUT2D eigenvalue weighted by atomic mass is 16.5. The van der Waals surface area contributed by atoms with E-state index in [2.05, 4.69) is 24.9 Å². The maximum absolute atomic E-state index is 14.5. The first-order valence-electron chi connectivity index (χ1n) is 18.8. The molecule has 10 heteroatoms. The molecule has 0 radical (unpaired) electrons. The van der Waals surface area contributed by atoms with Gasteiger partial charge in [0.1, 0.15) is 30.1 Å². The molecule has 2 saturated carbocycles. The Kier molecular flexibility index (Phi) is 10.0. The van der Waals surface area contributed by atoms with Crippen LogP contribution in [0.5, 0.6) is 11.6 Å². The van der Waals surface area contributed by atoms with Crippen LogP contribution in [0.25, 0.3) is 10.9 Å². The van der Waals surface area contributed by atoms with Crippen LogP contribution >= 0.6 is 0 Å². The molecule has 49 heavy (non-hydrogen) atoms. The number of pyridine rings is 1. The Bertz CT molecular complexity index is 1530. The number of amides is 1. The fourth-order valence-electron chi connectivity index (χ4n) is 8.92. The fraction of sp³-hybridized carbons (Fsp3) is 0.692. The zero-order valence-corrected chi connectivity index (χ0v) is 29.2. The first-order valence-corrected chi connectivity index (χ1v) is 18.8. The maximum Gasteiger partial charge on any atom is 0.326 e. The van der Waals surface area contributed by atoms with Gasteiger partial charge in [-0.3, -0.25) is 9.59 Å². The van der Waals surface area contributed by atoms with E-state index in [0.29, 0.717) is 11.8 Å². The molecule has 0 unspecified atom stereocenters. The number of carbonyl (C=O) groups is 3. The van der Waals surface area contributed by atoms with Gasteiger partial charge in [0.05, 0.1) is 30.0 Å². The highest BCUT2D eigenvalue weighted by Crippen LogP contribution is 2.47. The summed E-state index contributed by atoms with van der Waals surface area (Å²) in [5.74, 6) is -0.633. The quantitative estimate of drug-likeness (QED) is 0.380. The van der Waals surface area contributed by atoms with Crippen molar-refractivity contribution in [2.45, 2.75) is 128 Å². The van der Waals surface area contributed by atoms with E-state index in [0.717, 1.165) is 119 Å².